The molecule has 0 aliphatic carbocycles. The molecule has 0 saturated heterocycles. The van der Waals surface area contributed by atoms with E-state index in [2.05, 4.69) is 34.6 Å². The van der Waals surface area contributed by atoms with E-state index in [1.54, 1.807) is 0 Å². The lowest BCUT2D eigenvalue weighted by molar-refractivity contribution is 0.459. The molecule has 120 valence electrons. The Morgan fingerprint density at radius 2 is 1.05 bits per heavy atom. The molecule has 1 N–H and O–H groups in total. The lowest BCUT2D eigenvalue weighted by Gasteiger charge is -2.22. The predicted octanol–water partition coefficient (Wildman–Crippen LogP) is 6.04. The molecule has 0 aliphatic heterocycles. The molecule has 0 spiro atoms. The molecule has 0 atom stereocenters. The van der Waals surface area contributed by atoms with Crippen LogP contribution < -0.4 is 0 Å². The standard InChI is InChI=1S/C20H34O/c1-6-9-12-17-15(4)16(5)20(21)19(14-11-8-3)18(17)13-10-7-2/h21H,6-14H2,1-5H3. The van der Waals surface area contributed by atoms with Crippen LogP contribution in [0.25, 0.3) is 0 Å². The van der Waals surface area contributed by atoms with Gasteiger partial charge < -0.3 is 5.11 Å². The Morgan fingerprint density at radius 3 is 1.52 bits per heavy atom. The first-order valence-electron chi connectivity index (χ1n) is 8.91. The fraction of sp³-hybridized carbons (Fsp3) is 0.700. The average molecular weight is 290 g/mol. The number of phenolic OH excluding ortho intramolecular Hbond substituents is 1. The third kappa shape index (κ3) is 4.49. The maximum absolute atomic E-state index is 10.6. The summed E-state index contributed by atoms with van der Waals surface area (Å²) in [4.78, 5) is 0. The molecule has 0 heterocycles. The summed E-state index contributed by atoms with van der Waals surface area (Å²) in [6.07, 6.45) is 10.6. The highest BCUT2D eigenvalue weighted by molar-refractivity contribution is 5.54. The summed E-state index contributed by atoms with van der Waals surface area (Å²) in [5.41, 5.74) is 6.69. The third-order valence-electron chi connectivity index (χ3n) is 4.73. The summed E-state index contributed by atoms with van der Waals surface area (Å²) >= 11 is 0. The van der Waals surface area contributed by atoms with Crippen molar-refractivity contribution >= 4 is 0 Å². The first-order valence-corrected chi connectivity index (χ1v) is 8.91. The summed E-state index contributed by atoms with van der Waals surface area (Å²) in [7, 11) is 0. The zero-order valence-corrected chi connectivity index (χ0v) is 14.8. The molecule has 0 unspecified atom stereocenters. The second kappa shape index (κ2) is 9.12. The van der Waals surface area contributed by atoms with E-state index < -0.39 is 0 Å². The van der Waals surface area contributed by atoms with Gasteiger partial charge in [0.15, 0.2) is 0 Å². The van der Waals surface area contributed by atoms with Crippen LogP contribution in [-0.4, -0.2) is 5.11 Å². The van der Waals surface area contributed by atoms with Crippen molar-refractivity contribution < 1.29 is 5.11 Å². The van der Waals surface area contributed by atoms with Crippen LogP contribution in [0.2, 0.25) is 0 Å². The Kier molecular flexibility index (Phi) is 7.85. The molecule has 0 fully saturated rings. The maximum Gasteiger partial charge on any atom is 0.122 e. The van der Waals surface area contributed by atoms with Gasteiger partial charge in [-0.25, -0.2) is 0 Å². The Hall–Kier alpha value is -0.980. The van der Waals surface area contributed by atoms with E-state index in [0.717, 1.165) is 18.4 Å². The Labute approximate surface area is 131 Å². The molecule has 1 aromatic rings. The second-order valence-corrected chi connectivity index (χ2v) is 6.34. The Balaban J connectivity index is 3.32. The van der Waals surface area contributed by atoms with E-state index in [0.29, 0.717) is 5.75 Å². The quantitative estimate of drug-likeness (QED) is 0.588. The van der Waals surface area contributed by atoms with Crippen molar-refractivity contribution in [2.24, 2.45) is 0 Å². The average Bonchev–Trinajstić information content (AvgIpc) is 2.49. The molecular weight excluding hydrogens is 256 g/mol. The fourth-order valence-electron chi connectivity index (χ4n) is 3.15. The largest absolute Gasteiger partial charge is 0.507 e. The predicted molar refractivity (Wildman–Crippen MR) is 93.4 cm³/mol. The number of hydrogen-bond donors (Lipinski definition) is 1. The first-order chi connectivity index (χ1) is 10.1. The van der Waals surface area contributed by atoms with E-state index in [1.807, 2.05) is 0 Å². The summed E-state index contributed by atoms with van der Waals surface area (Å²) in [6.45, 7) is 11.0. The lowest BCUT2D eigenvalue weighted by atomic mass is 9.85. The highest BCUT2D eigenvalue weighted by Gasteiger charge is 2.18. The van der Waals surface area contributed by atoms with E-state index in [9.17, 15) is 5.11 Å². The maximum atomic E-state index is 10.6. The fourth-order valence-corrected chi connectivity index (χ4v) is 3.15. The molecule has 0 radical (unpaired) electrons. The van der Waals surface area contributed by atoms with Gasteiger partial charge in [0, 0.05) is 0 Å². The highest BCUT2D eigenvalue weighted by Crippen LogP contribution is 2.35. The van der Waals surface area contributed by atoms with Gasteiger partial charge in [0.25, 0.3) is 0 Å². The van der Waals surface area contributed by atoms with E-state index >= 15 is 0 Å². The molecule has 1 heteroatoms. The zero-order chi connectivity index (χ0) is 15.8. The first kappa shape index (κ1) is 18.1. The van der Waals surface area contributed by atoms with Gasteiger partial charge in [0.1, 0.15) is 5.75 Å². The molecule has 0 aliphatic rings. The SMILES string of the molecule is CCCCc1c(C)c(C)c(O)c(CCCC)c1CCCC. The molecule has 1 aromatic carbocycles. The van der Waals surface area contributed by atoms with Gasteiger partial charge in [-0.3, -0.25) is 0 Å². The summed E-state index contributed by atoms with van der Waals surface area (Å²) in [6, 6.07) is 0. The van der Waals surface area contributed by atoms with Gasteiger partial charge in [-0.1, -0.05) is 40.0 Å². The monoisotopic (exact) mass is 290 g/mol. The minimum atomic E-state index is 0.576. The van der Waals surface area contributed by atoms with E-state index in [4.69, 9.17) is 0 Å². The third-order valence-corrected chi connectivity index (χ3v) is 4.73. The van der Waals surface area contributed by atoms with E-state index in [1.165, 1.54) is 67.2 Å². The van der Waals surface area contributed by atoms with E-state index in [-0.39, 0.29) is 0 Å². The number of phenols is 1. The van der Waals surface area contributed by atoms with Crippen LogP contribution in [0, 0.1) is 13.8 Å². The van der Waals surface area contributed by atoms with Crippen LogP contribution in [-0.2, 0) is 19.3 Å². The van der Waals surface area contributed by atoms with Crippen molar-refractivity contribution in [2.75, 3.05) is 0 Å². The minimum absolute atomic E-state index is 0.576. The van der Waals surface area contributed by atoms with Gasteiger partial charge in [0.2, 0.25) is 0 Å². The summed E-state index contributed by atoms with van der Waals surface area (Å²) in [5.74, 6) is 0.576. The van der Waals surface area contributed by atoms with Crippen LogP contribution in [0.1, 0.15) is 87.1 Å². The number of hydrogen-bond acceptors (Lipinski definition) is 1. The summed E-state index contributed by atoms with van der Waals surface area (Å²) in [5, 5.41) is 10.6. The van der Waals surface area contributed by atoms with Gasteiger partial charge in [-0.2, -0.15) is 0 Å². The van der Waals surface area contributed by atoms with Crippen LogP contribution in [0.5, 0.6) is 5.75 Å². The Morgan fingerprint density at radius 1 is 0.619 bits per heavy atom. The van der Waals surface area contributed by atoms with Gasteiger partial charge in [-0.05, 0) is 80.2 Å². The smallest absolute Gasteiger partial charge is 0.122 e. The highest BCUT2D eigenvalue weighted by atomic mass is 16.3. The van der Waals surface area contributed by atoms with Gasteiger partial charge in [0.05, 0.1) is 0 Å². The zero-order valence-electron chi connectivity index (χ0n) is 14.8. The van der Waals surface area contributed by atoms with Crippen molar-refractivity contribution in [1.82, 2.24) is 0 Å². The molecule has 1 nitrogen and oxygen atoms in total. The van der Waals surface area contributed by atoms with Crippen molar-refractivity contribution in [3.63, 3.8) is 0 Å². The number of unbranched alkanes of at least 4 members (excludes halogenated alkanes) is 3. The molecule has 1 rings (SSSR count). The van der Waals surface area contributed by atoms with Gasteiger partial charge in [-0.15, -0.1) is 0 Å². The molecular formula is C20H34O. The van der Waals surface area contributed by atoms with Crippen molar-refractivity contribution in [2.45, 2.75) is 92.4 Å². The van der Waals surface area contributed by atoms with Crippen LogP contribution in [0.3, 0.4) is 0 Å². The Bertz CT molecular complexity index is 411. The van der Waals surface area contributed by atoms with Crippen molar-refractivity contribution in [1.29, 1.82) is 0 Å². The lowest BCUT2D eigenvalue weighted by Crippen LogP contribution is -2.07. The number of aromatic hydroxyl groups is 1. The second-order valence-electron chi connectivity index (χ2n) is 6.34. The molecule has 0 amide bonds. The van der Waals surface area contributed by atoms with Crippen LogP contribution in [0.4, 0.5) is 0 Å². The molecule has 0 saturated carbocycles. The van der Waals surface area contributed by atoms with Crippen LogP contribution >= 0.6 is 0 Å². The van der Waals surface area contributed by atoms with Crippen molar-refractivity contribution in [3.8, 4) is 5.75 Å². The topological polar surface area (TPSA) is 20.2 Å². The van der Waals surface area contributed by atoms with Gasteiger partial charge >= 0.3 is 0 Å². The van der Waals surface area contributed by atoms with Crippen molar-refractivity contribution in [3.05, 3.63) is 27.8 Å². The van der Waals surface area contributed by atoms with Crippen LogP contribution in [0.15, 0.2) is 0 Å². The molecule has 21 heavy (non-hydrogen) atoms. The number of rotatable bonds is 9. The summed E-state index contributed by atoms with van der Waals surface area (Å²) < 4.78 is 0. The number of benzene rings is 1. The normalized spacial score (nSPS) is 11.1. The molecule has 0 bridgehead atoms. The molecule has 0 aromatic heterocycles. The minimum Gasteiger partial charge on any atom is -0.507 e.